The second kappa shape index (κ2) is 7.97. The van der Waals surface area contributed by atoms with Crippen LogP contribution in [0.15, 0.2) is 30.9 Å². The van der Waals surface area contributed by atoms with Gasteiger partial charge in [0.15, 0.2) is 5.82 Å². The van der Waals surface area contributed by atoms with Crippen LogP contribution in [0.3, 0.4) is 0 Å². The Kier molecular flexibility index (Phi) is 5.19. The number of hydrogen-bond acceptors (Lipinski definition) is 9. The summed E-state index contributed by atoms with van der Waals surface area (Å²) in [5, 5.41) is 38.3. The normalized spacial score (nSPS) is 21.1. The van der Waals surface area contributed by atoms with E-state index in [4.69, 9.17) is 4.74 Å². The fraction of sp³-hybridized carbons (Fsp3) is 0.412. The van der Waals surface area contributed by atoms with Crippen LogP contribution in [0.2, 0.25) is 0 Å². The number of hydrogen-bond donors (Lipinski definition) is 2. The Hall–Kier alpha value is -4.10. The lowest BCUT2D eigenvalue weighted by molar-refractivity contribution is -0.152. The van der Waals surface area contributed by atoms with Crippen molar-refractivity contribution in [3.8, 4) is 11.6 Å². The molecular formula is C17H19N9O5. The molecule has 2 N–H and O–H groups in total. The second-order valence-electron chi connectivity index (χ2n) is 7.21. The van der Waals surface area contributed by atoms with Crippen molar-refractivity contribution < 1.29 is 24.5 Å². The Morgan fingerprint density at radius 1 is 1.29 bits per heavy atom. The molecule has 3 aromatic rings. The quantitative estimate of drug-likeness (QED) is 0.554. The van der Waals surface area contributed by atoms with Crippen molar-refractivity contribution in [1.29, 1.82) is 0 Å². The first-order valence-electron chi connectivity index (χ1n) is 9.34. The van der Waals surface area contributed by atoms with Crippen LogP contribution in [-0.4, -0.2) is 79.4 Å². The first-order valence-corrected chi connectivity index (χ1v) is 9.34. The van der Waals surface area contributed by atoms with Gasteiger partial charge >= 0.3 is 12.1 Å². The van der Waals surface area contributed by atoms with E-state index >= 15 is 0 Å². The largest absolute Gasteiger partial charge is 0.486 e. The number of nitrogens with zero attached hydrogens (tertiary/aromatic N) is 9. The summed E-state index contributed by atoms with van der Waals surface area (Å²) in [6, 6.07) is 3.07. The van der Waals surface area contributed by atoms with Gasteiger partial charge < -0.3 is 14.9 Å². The van der Waals surface area contributed by atoms with E-state index in [1.165, 1.54) is 35.1 Å². The Balaban J connectivity index is 1.39. The van der Waals surface area contributed by atoms with Gasteiger partial charge in [-0.25, -0.2) is 14.6 Å². The summed E-state index contributed by atoms with van der Waals surface area (Å²) in [7, 11) is 0. The number of tetrazole rings is 1. The number of likely N-dealkylation sites (tertiary alicyclic amines) is 1. The fourth-order valence-corrected chi connectivity index (χ4v) is 3.47. The summed E-state index contributed by atoms with van der Waals surface area (Å²) >= 11 is 0. The van der Waals surface area contributed by atoms with Crippen molar-refractivity contribution in [2.45, 2.75) is 38.0 Å². The molecule has 1 amide bonds. The molecule has 0 saturated carbocycles. The van der Waals surface area contributed by atoms with Crippen molar-refractivity contribution in [3.05, 3.63) is 36.5 Å². The van der Waals surface area contributed by atoms with Crippen LogP contribution < -0.4 is 4.74 Å². The third-order valence-electron chi connectivity index (χ3n) is 5.18. The Morgan fingerprint density at radius 3 is 2.77 bits per heavy atom. The summed E-state index contributed by atoms with van der Waals surface area (Å²) in [6.45, 7) is 1.61. The van der Waals surface area contributed by atoms with Crippen molar-refractivity contribution in [2.24, 2.45) is 0 Å². The minimum Gasteiger partial charge on any atom is -0.486 e. The highest BCUT2D eigenvalue weighted by Gasteiger charge is 2.48. The van der Waals surface area contributed by atoms with Gasteiger partial charge in [0.05, 0.1) is 18.4 Å². The molecule has 1 saturated heterocycles. The van der Waals surface area contributed by atoms with Crippen LogP contribution in [-0.2, 0) is 11.4 Å². The van der Waals surface area contributed by atoms with E-state index in [-0.39, 0.29) is 25.6 Å². The molecule has 0 aliphatic carbocycles. The number of ether oxygens (including phenoxy) is 1. The van der Waals surface area contributed by atoms with E-state index in [0.29, 0.717) is 23.7 Å². The smallest absolute Gasteiger partial charge is 0.408 e. The van der Waals surface area contributed by atoms with Crippen molar-refractivity contribution in [1.82, 2.24) is 45.1 Å². The highest BCUT2D eigenvalue weighted by Crippen LogP contribution is 2.34. The van der Waals surface area contributed by atoms with Crippen LogP contribution in [0.1, 0.15) is 31.5 Å². The van der Waals surface area contributed by atoms with Gasteiger partial charge in [0.1, 0.15) is 29.9 Å². The second-order valence-corrected chi connectivity index (χ2v) is 7.21. The average molecular weight is 429 g/mol. The van der Waals surface area contributed by atoms with Gasteiger partial charge in [0.25, 0.3) is 0 Å². The standard InChI is InChI=1S/C17H19N9O5/c1-17(15(27)28)6-12(4-5-24(17)16(29)30)26-20-7-11(21-26)9-31-13-2-3-14(18-8-13)25-10-19-22-23-25/h2-3,7-8,10,12H,4-6,9H2,1H3,(H,27,28)(H,29,30)/t12-,17-/m0/s1. The highest BCUT2D eigenvalue weighted by atomic mass is 16.5. The first kappa shape index (κ1) is 20.2. The molecule has 14 nitrogen and oxygen atoms in total. The SMILES string of the molecule is C[C@@]1(C(=O)O)C[C@@H](n2ncc(COc3ccc(-n4cnnn4)nc3)n2)CCN1C(=O)O. The van der Waals surface area contributed by atoms with E-state index in [1.54, 1.807) is 12.1 Å². The third kappa shape index (κ3) is 3.99. The molecule has 0 spiro atoms. The monoisotopic (exact) mass is 429 g/mol. The minimum atomic E-state index is -1.55. The lowest BCUT2D eigenvalue weighted by Gasteiger charge is -2.42. The number of pyridine rings is 1. The summed E-state index contributed by atoms with van der Waals surface area (Å²) in [5.74, 6) is -0.148. The molecule has 162 valence electrons. The molecule has 1 aliphatic heterocycles. The third-order valence-corrected chi connectivity index (χ3v) is 5.18. The van der Waals surface area contributed by atoms with Gasteiger partial charge in [-0.15, -0.1) is 5.10 Å². The molecule has 1 fully saturated rings. The lowest BCUT2D eigenvalue weighted by atomic mass is 9.86. The average Bonchev–Trinajstić information content (AvgIpc) is 3.44. The molecule has 1 aliphatic rings. The molecule has 3 aromatic heterocycles. The number of piperidine rings is 1. The molecule has 0 bridgehead atoms. The molecule has 2 atom stereocenters. The number of carbonyl (C=O) groups is 2. The molecule has 0 aromatic carbocycles. The maximum atomic E-state index is 11.7. The molecule has 14 heteroatoms. The lowest BCUT2D eigenvalue weighted by Crippen LogP contribution is -2.59. The van der Waals surface area contributed by atoms with Gasteiger partial charge in [0.2, 0.25) is 0 Å². The topological polar surface area (TPSA) is 174 Å². The molecule has 0 radical (unpaired) electrons. The van der Waals surface area contributed by atoms with Gasteiger partial charge in [-0.3, -0.25) is 4.90 Å². The first-order chi connectivity index (χ1) is 14.9. The summed E-state index contributed by atoms with van der Waals surface area (Å²) in [6.07, 6.45) is 3.70. The van der Waals surface area contributed by atoms with Crippen molar-refractivity contribution in [2.75, 3.05) is 6.54 Å². The molecule has 4 rings (SSSR count). The van der Waals surface area contributed by atoms with E-state index < -0.39 is 17.6 Å². The van der Waals surface area contributed by atoms with Gasteiger partial charge in [-0.2, -0.15) is 19.7 Å². The zero-order valence-electron chi connectivity index (χ0n) is 16.4. The Morgan fingerprint density at radius 2 is 2.13 bits per heavy atom. The summed E-state index contributed by atoms with van der Waals surface area (Å²) < 4.78 is 7.09. The predicted molar refractivity (Wildman–Crippen MR) is 100 cm³/mol. The predicted octanol–water partition coefficient (Wildman–Crippen LogP) is 0.386. The number of aliphatic carboxylic acids is 1. The number of carboxylic acids is 1. The van der Waals surface area contributed by atoms with Crippen LogP contribution >= 0.6 is 0 Å². The Labute approximate surface area is 175 Å². The molecular weight excluding hydrogens is 410 g/mol. The fourth-order valence-electron chi connectivity index (χ4n) is 3.47. The number of aromatic nitrogens is 8. The number of rotatable bonds is 6. The summed E-state index contributed by atoms with van der Waals surface area (Å²) in [5.41, 5.74) is -1.01. The molecule has 31 heavy (non-hydrogen) atoms. The maximum Gasteiger partial charge on any atom is 0.408 e. The van der Waals surface area contributed by atoms with Crippen LogP contribution in [0.4, 0.5) is 4.79 Å². The molecule has 4 heterocycles. The van der Waals surface area contributed by atoms with E-state index in [1.807, 2.05) is 0 Å². The maximum absolute atomic E-state index is 11.7. The van der Waals surface area contributed by atoms with E-state index in [9.17, 15) is 19.8 Å². The van der Waals surface area contributed by atoms with Crippen molar-refractivity contribution >= 4 is 12.1 Å². The summed E-state index contributed by atoms with van der Waals surface area (Å²) in [4.78, 5) is 29.7. The Bertz CT molecular complexity index is 1070. The zero-order chi connectivity index (χ0) is 22.0. The minimum absolute atomic E-state index is 0.0616. The van der Waals surface area contributed by atoms with E-state index in [0.717, 1.165) is 4.90 Å². The van der Waals surface area contributed by atoms with Gasteiger partial charge in [0, 0.05) is 13.0 Å². The number of carboxylic acid groups (broad SMARTS) is 2. The van der Waals surface area contributed by atoms with Crippen LogP contribution in [0.25, 0.3) is 5.82 Å². The van der Waals surface area contributed by atoms with E-state index in [2.05, 4.69) is 30.7 Å². The van der Waals surface area contributed by atoms with Crippen molar-refractivity contribution in [3.63, 3.8) is 0 Å². The number of amides is 1. The van der Waals surface area contributed by atoms with Crippen LogP contribution in [0, 0.1) is 0 Å². The zero-order valence-corrected chi connectivity index (χ0v) is 16.4. The van der Waals surface area contributed by atoms with Gasteiger partial charge in [-0.1, -0.05) is 0 Å². The highest BCUT2D eigenvalue weighted by molar-refractivity contribution is 5.83. The van der Waals surface area contributed by atoms with Crippen LogP contribution in [0.5, 0.6) is 5.75 Å². The molecule has 0 unspecified atom stereocenters. The van der Waals surface area contributed by atoms with Gasteiger partial charge in [-0.05, 0) is 35.9 Å².